The van der Waals surface area contributed by atoms with Crippen LogP contribution in [0.1, 0.15) is 0 Å². The van der Waals surface area contributed by atoms with Gasteiger partial charge in [-0.05, 0) is 18.0 Å². The first-order valence-corrected chi connectivity index (χ1v) is 3.35. The van der Waals surface area contributed by atoms with E-state index in [-0.39, 0.29) is 24.6 Å². The first-order valence-electron chi connectivity index (χ1n) is 2.47. The van der Waals surface area contributed by atoms with Crippen LogP contribution >= 0.6 is 11.9 Å². The number of para-hydroxylation sites is 1. The van der Waals surface area contributed by atoms with Crippen molar-refractivity contribution in [3.63, 3.8) is 0 Å². The Balaban J connectivity index is 0.000000810. The molecule has 0 bridgehead atoms. The molecule has 0 unspecified atom stereocenters. The molecule has 0 saturated heterocycles. The van der Waals surface area contributed by atoms with Gasteiger partial charge in [0, 0.05) is 4.90 Å². The molecular formula is C6H6LiNOS. The summed E-state index contributed by atoms with van der Waals surface area (Å²) in [5.74, 6) is -0.00926. The van der Waals surface area contributed by atoms with Crippen molar-refractivity contribution in [1.82, 2.24) is 0 Å². The molecule has 10 heavy (non-hydrogen) atoms. The molecule has 0 aliphatic rings. The summed E-state index contributed by atoms with van der Waals surface area (Å²) >= 11 is 0.983. The largest absolute Gasteiger partial charge is 1.00 e. The fourth-order valence-corrected chi connectivity index (χ4v) is 0.889. The monoisotopic (exact) mass is 147 g/mol. The van der Waals surface area contributed by atoms with Gasteiger partial charge in [0.05, 0.1) is 0 Å². The Morgan fingerprint density at radius 1 is 1.30 bits per heavy atom. The number of rotatable bonds is 1. The molecule has 1 aromatic rings. The summed E-state index contributed by atoms with van der Waals surface area (Å²) in [7, 11) is 0. The van der Waals surface area contributed by atoms with Gasteiger partial charge >= 0.3 is 18.9 Å². The fourth-order valence-electron chi connectivity index (χ4n) is 0.548. The summed E-state index contributed by atoms with van der Waals surface area (Å²) in [6.45, 7) is 0. The quantitative estimate of drug-likeness (QED) is 0.360. The third-order valence-electron chi connectivity index (χ3n) is 0.976. The smallest absolute Gasteiger partial charge is 0.872 e. The van der Waals surface area contributed by atoms with Gasteiger partial charge in [-0.25, -0.2) is 0 Å². The summed E-state index contributed by atoms with van der Waals surface area (Å²) in [6, 6.07) is 6.68. The average molecular weight is 147 g/mol. The molecule has 0 fully saturated rings. The van der Waals surface area contributed by atoms with Crippen LogP contribution in [0.5, 0.6) is 5.75 Å². The zero-order valence-corrected chi connectivity index (χ0v) is 6.52. The molecule has 0 radical (unpaired) electrons. The zero-order chi connectivity index (χ0) is 6.69. The number of hydrogen-bond donors (Lipinski definition) is 1. The van der Waals surface area contributed by atoms with Crippen LogP contribution in [0.4, 0.5) is 0 Å². The van der Waals surface area contributed by atoms with Gasteiger partial charge in [-0.2, -0.15) is 0 Å². The molecular weight excluding hydrogens is 141 g/mol. The second kappa shape index (κ2) is 4.70. The maximum absolute atomic E-state index is 10.7. The first-order chi connectivity index (χ1) is 4.34. The Kier molecular flexibility index (Phi) is 4.66. The molecule has 4 heteroatoms. The summed E-state index contributed by atoms with van der Waals surface area (Å²) in [5.41, 5.74) is 0. The molecule has 1 rings (SSSR count). The van der Waals surface area contributed by atoms with Gasteiger partial charge < -0.3 is 5.11 Å². The molecule has 0 aliphatic heterocycles. The Hall–Kier alpha value is -0.0726. The molecule has 2 N–H and O–H groups in total. The Labute approximate surface area is 76.1 Å². The topological polar surface area (TPSA) is 49.1 Å². The van der Waals surface area contributed by atoms with Crippen molar-refractivity contribution >= 4 is 11.9 Å². The van der Waals surface area contributed by atoms with Gasteiger partial charge in [0.1, 0.15) is 0 Å². The van der Waals surface area contributed by atoms with Gasteiger partial charge in [0.15, 0.2) is 0 Å². The molecule has 0 heterocycles. The molecule has 2 nitrogen and oxygen atoms in total. The standard InChI is InChI=1S/C6H7NOS.Li/c7-9-6-4-2-1-3-5(6)8;/h1-4,8H,7H2;/q;+1/p-1. The molecule has 1 aromatic carbocycles. The number of hydrogen-bond acceptors (Lipinski definition) is 3. The van der Waals surface area contributed by atoms with E-state index in [1.807, 2.05) is 0 Å². The first kappa shape index (κ1) is 9.93. The predicted molar refractivity (Wildman–Crippen MR) is 35.9 cm³/mol. The summed E-state index contributed by atoms with van der Waals surface area (Å²) in [6.07, 6.45) is 0. The van der Waals surface area contributed by atoms with Crippen molar-refractivity contribution < 1.29 is 24.0 Å². The molecule has 0 saturated carbocycles. The maximum atomic E-state index is 10.7. The van der Waals surface area contributed by atoms with Crippen LogP contribution in [-0.4, -0.2) is 0 Å². The van der Waals surface area contributed by atoms with Gasteiger partial charge in [0.25, 0.3) is 0 Å². The van der Waals surface area contributed by atoms with Crippen molar-refractivity contribution in [2.45, 2.75) is 4.90 Å². The number of nitrogens with two attached hydrogens (primary N) is 1. The van der Waals surface area contributed by atoms with Crippen LogP contribution < -0.4 is 29.1 Å². The Bertz CT molecular complexity index is 207. The molecule has 48 valence electrons. The van der Waals surface area contributed by atoms with Crippen molar-refractivity contribution in [1.29, 1.82) is 0 Å². The predicted octanol–water partition coefficient (Wildman–Crippen LogP) is -2.27. The van der Waals surface area contributed by atoms with Crippen molar-refractivity contribution in [2.24, 2.45) is 5.14 Å². The van der Waals surface area contributed by atoms with E-state index < -0.39 is 0 Å². The van der Waals surface area contributed by atoms with E-state index in [4.69, 9.17) is 5.14 Å². The van der Waals surface area contributed by atoms with E-state index in [0.717, 1.165) is 11.9 Å². The minimum absolute atomic E-state index is 0. The van der Waals surface area contributed by atoms with E-state index in [9.17, 15) is 5.11 Å². The molecule has 0 atom stereocenters. The van der Waals surface area contributed by atoms with Gasteiger partial charge in [-0.1, -0.05) is 23.9 Å². The van der Waals surface area contributed by atoms with Crippen LogP contribution in [0.2, 0.25) is 0 Å². The van der Waals surface area contributed by atoms with E-state index in [0.29, 0.717) is 4.90 Å². The fraction of sp³-hybridized carbons (Fsp3) is 0. The zero-order valence-electron chi connectivity index (χ0n) is 5.70. The van der Waals surface area contributed by atoms with Crippen LogP contribution in [0, 0.1) is 0 Å². The molecule has 0 amide bonds. The molecule has 0 spiro atoms. The normalized spacial score (nSPS) is 8.50. The van der Waals surface area contributed by atoms with Crippen LogP contribution in [-0.2, 0) is 0 Å². The summed E-state index contributed by atoms with van der Waals surface area (Å²) in [5, 5.41) is 15.9. The Morgan fingerprint density at radius 3 is 2.30 bits per heavy atom. The van der Waals surface area contributed by atoms with Crippen LogP contribution in [0.3, 0.4) is 0 Å². The average Bonchev–Trinajstić information content (AvgIpc) is 1.89. The van der Waals surface area contributed by atoms with Crippen molar-refractivity contribution in [3.05, 3.63) is 24.3 Å². The maximum Gasteiger partial charge on any atom is 1.00 e. The van der Waals surface area contributed by atoms with Crippen LogP contribution in [0.25, 0.3) is 0 Å². The van der Waals surface area contributed by atoms with Crippen LogP contribution in [0.15, 0.2) is 29.2 Å². The van der Waals surface area contributed by atoms with Gasteiger partial charge in [-0.15, -0.1) is 0 Å². The van der Waals surface area contributed by atoms with E-state index in [1.54, 1.807) is 18.2 Å². The van der Waals surface area contributed by atoms with E-state index >= 15 is 0 Å². The van der Waals surface area contributed by atoms with E-state index in [2.05, 4.69) is 0 Å². The molecule has 0 aliphatic carbocycles. The number of benzene rings is 1. The van der Waals surface area contributed by atoms with Gasteiger partial charge in [-0.3, -0.25) is 5.14 Å². The summed E-state index contributed by atoms with van der Waals surface area (Å²) in [4.78, 5) is 0.595. The summed E-state index contributed by atoms with van der Waals surface area (Å²) < 4.78 is 0. The third kappa shape index (κ3) is 2.28. The Morgan fingerprint density at radius 2 is 1.90 bits per heavy atom. The third-order valence-corrected chi connectivity index (χ3v) is 1.57. The SMILES string of the molecule is NSc1ccccc1[O-].[Li+]. The van der Waals surface area contributed by atoms with E-state index in [1.165, 1.54) is 6.07 Å². The second-order valence-corrected chi connectivity index (χ2v) is 2.24. The van der Waals surface area contributed by atoms with Crippen molar-refractivity contribution in [3.8, 4) is 5.75 Å². The van der Waals surface area contributed by atoms with Gasteiger partial charge in [0.2, 0.25) is 0 Å². The van der Waals surface area contributed by atoms with Crippen molar-refractivity contribution in [2.75, 3.05) is 0 Å². The second-order valence-electron chi connectivity index (χ2n) is 1.56. The minimum Gasteiger partial charge on any atom is -0.872 e. The molecule has 0 aromatic heterocycles. The minimum atomic E-state index is -0.00926.